The van der Waals surface area contributed by atoms with Crippen LogP contribution in [0.4, 0.5) is 0 Å². The number of nitrogens with zero attached hydrogens (tertiary/aromatic N) is 2. The summed E-state index contributed by atoms with van der Waals surface area (Å²) in [5, 5.41) is 9.97. The van der Waals surface area contributed by atoms with Crippen molar-refractivity contribution in [2.24, 2.45) is 5.92 Å². The van der Waals surface area contributed by atoms with Crippen molar-refractivity contribution < 1.29 is 19.4 Å². The van der Waals surface area contributed by atoms with Gasteiger partial charge in [-0.1, -0.05) is 13.8 Å². The first kappa shape index (κ1) is 17.3. The standard InChI is InChI=1S/C20H26N2O4/c1-11(2)15-10-26-20-5-6-21(16(20)9-17(23)22(15)20)19(25)14-7-12(3)18(24)13(4)8-14/h7-8,11,15-16,24H,5-6,9-10H2,1-4H3/t15-,16+,20-/m0/s1. The molecule has 3 aliphatic heterocycles. The van der Waals surface area contributed by atoms with Crippen LogP contribution in [-0.2, 0) is 9.53 Å². The third-order valence-electron chi connectivity index (χ3n) is 6.26. The molecule has 6 nitrogen and oxygen atoms in total. The maximum absolute atomic E-state index is 13.2. The minimum Gasteiger partial charge on any atom is -0.507 e. The minimum absolute atomic E-state index is 0.0840. The molecule has 3 saturated heterocycles. The molecule has 0 saturated carbocycles. The van der Waals surface area contributed by atoms with Crippen LogP contribution in [0.2, 0.25) is 0 Å². The number of aromatic hydroxyl groups is 1. The fraction of sp³-hybridized carbons (Fsp3) is 0.600. The van der Waals surface area contributed by atoms with Crippen molar-refractivity contribution in [2.75, 3.05) is 13.2 Å². The number of benzene rings is 1. The minimum atomic E-state index is -0.650. The first-order valence-electron chi connectivity index (χ1n) is 9.33. The highest BCUT2D eigenvalue weighted by atomic mass is 16.5. The Bertz CT molecular complexity index is 767. The van der Waals surface area contributed by atoms with E-state index in [2.05, 4.69) is 13.8 Å². The van der Waals surface area contributed by atoms with Gasteiger partial charge < -0.3 is 19.6 Å². The number of hydrogen-bond donors (Lipinski definition) is 1. The molecule has 1 spiro atoms. The van der Waals surface area contributed by atoms with Crippen LogP contribution < -0.4 is 0 Å². The smallest absolute Gasteiger partial charge is 0.254 e. The summed E-state index contributed by atoms with van der Waals surface area (Å²) in [6, 6.07) is 3.29. The Balaban J connectivity index is 1.65. The van der Waals surface area contributed by atoms with Gasteiger partial charge in [-0.05, 0) is 43.0 Å². The average molecular weight is 358 g/mol. The molecule has 140 valence electrons. The molecule has 1 N–H and O–H groups in total. The first-order valence-corrected chi connectivity index (χ1v) is 9.33. The van der Waals surface area contributed by atoms with Crippen molar-refractivity contribution in [1.82, 2.24) is 9.80 Å². The fourth-order valence-electron chi connectivity index (χ4n) is 4.86. The molecule has 0 aliphatic carbocycles. The molecule has 0 radical (unpaired) electrons. The quantitative estimate of drug-likeness (QED) is 0.880. The Morgan fingerprint density at radius 3 is 2.58 bits per heavy atom. The van der Waals surface area contributed by atoms with E-state index in [9.17, 15) is 14.7 Å². The van der Waals surface area contributed by atoms with E-state index in [1.165, 1.54) is 0 Å². The predicted molar refractivity (Wildman–Crippen MR) is 95.8 cm³/mol. The lowest BCUT2D eigenvalue weighted by Crippen LogP contribution is -2.51. The zero-order chi connectivity index (χ0) is 18.8. The molecule has 1 aromatic rings. The Labute approximate surface area is 153 Å². The van der Waals surface area contributed by atoms with Crippen molar-refractivity contribution in [1.29, 1.82) is 0 Å². The molecular formula is C20H26N2O4. The zero-order valence-corrected chi connectivity index (χ0v) is 15.8. The van der Waals surface area contributed by atoms with Crippen LogP contribution in [0, 0.1) is 19.8 Å². The summed E-state index contributed by atoms with van der Waals surface area (Å²) in [5.41, 5.74) is 1.27. The number of rotatable bonds is 2. The Morgan fingerprint density at radius 2 is 1.96 bits per heavy atom. The maximum atomic E-state index is 13.2. The van der Waals surface area contributed by atoms with Gasteiger partial charge in [0.1, 0.15) is 5.75 Å². The van der Waals surface area contributed by atoms with E-state index in [1.807, 2.05) is 4.90 Å². The van der Waals surface area contributed by atoms with Gasteiger partial charge in [0.05, 0.1) is 25.1 Å². The van der Waals surface area contributed by atoms with Gasteiger partial charge in [-0.25, -0.2) is 0 Å². The summed E-state index contributed by atoms with van der Waals surface area (Å²) in [5.74, 6) is 0.538. The number of ether oxygens (including phenoxy) is 1. The Morgan fingerprint density at radius 1 is 1.31 bits per heavy atom. The van der Waals surface area contributed by atoms with E-state index < -0.39 is 5.72 Å². The normalized spacial score (nSPS) is 30.3. The maximum Gasteiger partial charge on any atom is 0.254 e. The molecule has 0 unspecified atom stereocenters. The van der Waals surface area contributed by atoms with Crippen molar-refractivity contribution in [3.8, 4) is 5.75 Å². The van der Waals surface area contributed by atoms with Crippen molar-refractivity contribution >= 4 is 11.8 Å². The lowest BCUT2D eigenvalue weighted by molar-refractivity contribution is -0.139. The Hall–Kier alpha value is -2.08. The fourth-order valence-corrected chi connectivity index (χ4v) is 4.86. The third kappa shape index (κ3) is 2.21. The summed E-state index contributed by atoms with van der Waals surface area (Å²) in [7, 11) is 0. The second-order valence-corrected chi connectivity index (χ2v) is 8.16. The zero-order valence-electron chi connectivity index (χ0n) is 15.8. The lowest BCUT2D eigenvalue weighted by atomic mass is 10.0. The summed E-state index contributed by atoms with van der Waals surface area (Å²) >= 11 is 0. The first-order chi connectivity index (χ1) is 12.3. The Kier molecular flexibility index (Phi) is 3.81. The van der Waals surface area contributed by atoms with Gasteiger partial charge in [0.2, 0.25) is 5.91 Å². The molecule has 26 heavy (non-hydrogen) atoms. The van der Waals surface area contributed by atoms with E-state index in [0.29, 0.717) is 48.6 Å². The van der Waals surface area contributed by atoms with Crippen LogP contribution in [0.3, 0.4) is 0 Å². The third-order valence-corrected chi connectivity index (χ3v) is 6.26. The summed E-state index contributed by atoms with van der Waals surface area (Å²) in [4.78, 5) is 29.6. The monoisotopic (exact) mass is 358 g/mol. The van der Waals surface area contributed by atoms with E-state index in [0.717, 1.165) is 0 Å². The van der Waals surface area contributed by atoms with Crippen molar-refractivity contribution in [3.63, 3.8) is 0 Å². The largest absolute Gasteiger partial charge is 0.507 e. The van der Waals surface area contributed by atoms with Crippen LogP contribution >= 0.6 is 0 Å². The molecule has 1 aromatic carbocycles. The molecule has 0 aromatic heterocycles. The second kappa shape index (κ2) is 5.71. The molecule has 3 fully saturated rings. The van der Waals surface area contributed by atoms with E-state index in [4.69, 9.17) is 4.74 Å². The van der Waals surface area contributed by atoms with Gasteiger partial charge in [0.15, 0.2) is 5.72 Å². The van der Waals surface area contributed by atoms with Gasteiger partial charge in [0, 0.05) is 18.5 Å². The van der Waals surface area contributed by atoms with Gasteiger partial charge in [-0.2, -0.15) is 0 Å². The van der Waals surface area contributed by atoms with Gasteiger partial charge in [0.25, 0.3) is 5.91 Å². The average Bonchev–Trinajstić information content (AvgIpc) is 3.20. The number of carbonyl (C=O) groups is 2. The molecule has 0 bridgehead atoms. The lowest BCUT2D eigenvalue weighted by Gasteiger charge is -2.34. The molecule has 3 heterocycles. The van der Waals surface area contributed by atoms with Crippen LogP contribution in [0.1, 0.15) is 48.2 Å². The van der Waals surface area contributed by atoms with E-state index in [-0.39, 0.29) is 29.6 Å². The molecule has 3 aliphatic rings. The van der Waals surface area contributed by atoms with Gasteiger partial charge in [-0.15, -0.1) is 0 Å². The van der Waals surface area contributed by atoms with Gasteiger partial charge in [-0.3, -0.25) is 9.59 Å². The number of likely N-dealkylation sites (tertiary alicyclic amines) is 1. The van der Waals surface area contributed by atoms with Crippen LogP contribution in [-0.4, -0.2) is 57.7 Å². The SMILES string of the molecule is Cc1cc(C(=O)N2CC[C@@]34OC[C@@H](C(C)C)N3C(=O)C[C@@H]24)cc(C)c1O. The second-order valence-electron chi connectivity index (χ2n) is 8.16. The molecular weight excluding hydrogens is 332 g/mol. The number of phenols is 1. The highest BCUT2D eigenvalue weighted by molar-refractivity contribution is 5.96. The topological polar surface area (TPSA) is 70.1 Å². The predicted octanol–water partition coefficient (Wildman–Crippen LogP) is 2.21. The number of hydrogen-bond acceptors (Lipinski definition) is 4. The molecule has 2 amide bonds. The number of carbonyl (C=O) groups excluding carboxylic acids is 2. The van der Waals surface area contributed by atoms with Crippen LogP contribution in [0.25, 0.3) is 0 Å². The van der Waals surface area contributed by atoms with Crippen LogP contribution in [0.5, 0.6) is 5.75 Å². The summed E-state index contributed by atoms with van der Waals surface area (Å²) in [6.07, 6.45) is 0.986. The van der Waals surface area contributed by atoms with E-state index in [1.54, 1.807) is 30.9 Å². The number of phenolic OH excluding ortho intramolecular Hbond substituents is 1. The van der Waals surface area contributed by atoms with Crippen molar-refractivity contribution in [3.05, 3.63) is 28.8 Å². The van der Waals surface area contributed by atoms with Crippen LogP contribution in [0.15, 0.2) is 12.1 Å². The number of aryl methyl sites for hydroxylation is 2. The number of amides is 2. The molecule has 4 rings (SSSR count). The highest BCUT2D eigenvalue weighted by Gasteiger charge is 2.65. The van der Waals surface area contributed by atoms with E-state index >= 15 is 0 Å². The summed E-state index contributed by atoms with van der Waals surface area (Å²) in [6.45, 7) is 8.91. The molecule has 3 atom stereocenters. The van der Waals surface area contributed by atoms with Gasteiger partial charge >= 0.3 is 0 Å². The van der Waals surface area contributed by atoms with Crippen molar-refractivity contribution in [2.45, 2.75) is 58.3 Å². The highest BCUT2D eigenvalue weighted by Crippen LogP contribution is 2.49. The molecule has 6 heteroatoms. The summed E-state index contributed by atoms with van der Waals surface area (Å²) < 4.78 is 6.19.